The molecule has 4 heteroatoms. The van der Waals surface area contributed by atoms with Gasteiger partial charge in [-0.15, -0.1) is 0 Å². The number of alkyl halides is 1. The number of Topliss-reactive ketones (excluding diaryl/α,β-unsaturated/α-hetero) is 1. The first kappa shape index (κ1) is 10.5. The van der Waals surface area contributed by atoms with E-state index < -0.39 is 18.6 Å². The number of rotatable bonds is 4. The summed E-state index contributed by atoms with van der Waals surface area (Å²) in [6.07, 6.45) is -1.17. The number of likely N-dealkylation sites (N-methyl/N-ethyl adjacent to an activating group) is 1. The minimum atomic E-state index is -1.17. The van der Waals surface area contributed by atoms with Gasteiger partial charge in [-0.25, -0.2) is 4.39 Å². The summed E-state index contributed by atoms with van der Waals surface area (Å²) in [5.41, 5.74) is 0. The van der Waals surface area contributed by atoms with Gasteiger partial charge in [0.05, 0.1) is 21.1 Å². The van der Waals surface area contributed by atoms with Gasteiger partial charge in [0.2, 0.25) is 0 Å². The van der Waals surface area contributed by atoms with Crippen LogP contribution in [0.15, 0.2) is 0 Å². The minimum Gasteiger partial charge on any atom is -0.379 e. The molecule has 0 aromatic rings. The lowest BCUT2D eigenvalue weighted by Crippen LogP contribution is -2.44. The third-order valence-corrected chi connectivity index (χ3v) is 1.22. The van der Waals surface area contributed by atoms with Gasteiger partial charge in [0.1, 0.15) is 6.54 Å². The van der Waals surface area contributed by atoms with Gasteiger partial charge in [-0.2, -0.15) is 0 Å². The second-order valence-corrected chi connectivity index (χ2v) is 3.59. The molecule has 0 aromatic heterocycles. The summed E-state index contributed by atoms with van der Waals surface area (Å²) >= 11 is 0. The Bertz CT molecular complexity index is 142. The van der Waals surface area contributed by atoms with Crippen molar-refractivity contribution in [3.63, 3.8) is 0 Å². The van der Waals surface area contributed by atoms with Crippen molar-refractivity contribution in [3.05, 3.63) is 0 Å². The van der Waals surface area contributed by atoms with Gasteiger partial charge < -0.3 is 9.59 Å². The van der Waals surface area contributed by atoms with Crippen LogP contribution < -0.4 is 0 Å². The first-order chi connectivity index (χ1) is 4.87. The maximum Gasteiger partial charge on any atom is 0.197 e. The summed E-state index contributed by atoms with van der Waals surface area (Å²) in [7, 11) is 5.48. The van der Waals surface area contributed by atoms with Gasteiger partial charge in [0, 0.05) is 0 Å². The van der Waals surface area contributed by atoms with Crippen LogP contribution in [0.25, 0.3) is 0 Å². The lowest BCUT2D eigenvalue weighted by atomic mass is 10.2. The number of hydrogen-bond donors (Lipinski definition) is 1. The maximum absolute atomic E-state index is 11.7. The molecule has 0 fully saturated rings. The number of halogens is 1. The third-order valence-electron chi connectivity index (χ3n) is 1.22. The van der Waals surface area contributed by atoms with Crippen LogP contribution in [0, 0.1) is 0 Å². The molecule has 0 aliphatic heterocycles. The van der Waals surface area contributed by atoms with Crippen LogP contribution >= 0.6 is 0 Å². The molecule has 0 aliphatic rings. The lowest BCUT2D eigenvalue weighted by Gasteiger charge is -2.25. The van der Waals surface area contributed by atoms with E-state index in [1.54, 1.807) is 0 Å². The van der Waals surface area contributed by atoms with Crippen LogP contribution in [0.3, 0.4) is 0 Å². The van der Waals surface area contributed by atoms with Crippen molar-refractivity contribution in [2.24, 2.45) is 0 Å². The quantitative estimate of drug-likeness (QED) is 0.574. The summed E-state index contributed by atoms with van der Waals surface area (Å²) in [6, 6.07) is 0. The number of aliphatic hydroxyl groups excluding tert-OH is 1. The molecule has 0 aromatic carbocycles. The lowest BCUT2D eigenvalue weighted by molar-refractivity contribution is -0.872. The Kier molecular flexibility index (Phi) is 3.62. The zero-order valence-corrected chi connectivity index (χ0v) is 7.17. The summed E-state index contributed by atoms with van der Waals surface area (Å²) in [4.78, 5) is 10.6. The second-order valence-electron chi connectivity index (χ2n) is 3.59. The third kappa shape index (κ3) is 4.86. The molecular formula is C7H15FNO2+. The SMILES string of the molecule is C[N+](C)(C)CC(O)C(=O)CF. The molecular weight excluding hydrogens is 149 g/mol. The van der Waals surface area contributed by atoms with Crippen LogP contribution in [-0.2, 0) is 4.79 Å². The number of quaternary nitrogens is 1. The normalized spacial score (nSPS) is 14.6. The second kappa shape index (κ2) is 3.78. The molecule has 0 rings (SSSR count). The molecule has 66 valence electrons. The van der Waals surface area contributed by atoms with E-state index in [1.807, 2.05) is 21.1 Å². The van der Waals surface area contributed by atoms with E-state index in [0.717, 1.165) is 0 Å². The topological polar surface area (TPSA) is 37.3 Å². The van der Waals surface area contributed by atoms with Crippen molar-refractivity contribution in [1.29, 1.82) is 0 Å². The molecule has 1 unspecified atom stereocenters. The summed E-state index contributed by atoms with van der Waals surface area (Å²) < 4.78 is 12.1. The van der Waals surface area contributed by atoms with Crippen LogP contribution in [-0.4, -0.2) is 55.8 Å². The molecule has 0 spiro atoms. The number of hydrogen-bond acceptors (Lipinski definition) is 2. The fourth-order valence-electron chi connectivity index (χ4n) is 0.710. The number of nitrogens with zero attached hydrogens (tertiary/aromatic N) is 1. The molecule has 0 saturated carbocycles. The van der Waals surface area contributed by atoms with Crippen molar-refractivity contribution in [2.75, 3.05) is 34.4 Å². The highest BCUT2D eigenvalue weighted by molar-refractivity contribution is 5.83. The molecule has 0 bridgehead atoms. The van der Waals surface area contributed by atoms with Crippen molar-refractivity contribution in [1.82, 2.24) is 0 Å². The first-order valence-electron chi connectivity index (χ1n) is 3.44. The highest BCUT2D eigenvalue weighted by Gasteiger charge is 2.21. The molecule has 0 amide bonds. The summed E-state index contributed by atoms with van der Waals surface area (Å²) in [5, 5.41) is 9.05. The van der Waals surface area contributed by atoms with Crippen LogP contribution in [0.2, 0.25) is 0 Å². The minimum absolute atomic E-state index is 0.253. The Hall–Kier alpha value is -0.480. The Morgan fingerprint density at radius 3 is 2.27 bits per heavy atom. The molecule has 3 nitrogen and oxygen atoms in total. The van der Waals surface area contributed by atoms with Gasteiger partial charge >= 0.3 is 0 Å². The predicted molar refractivity (Wildman–Crippen MR) is 39.9 cm³/mol. The van der Waals surface area contributed by atoms with Crippen LogP contribution in [0.4, 0.5) is 4.39 Å². The fraction of sp³-hybridized carbons (Fsp3) is 0.857. The Labute approximate surface area is 66.0 Å². The molecule has 11 heavy (non-hydrogen) atoms. The Morgan fingerprint density at radius 2 is 2.00 bits per heavy atom. The van der Waals surface area contributed by atoms with Gasteiger partial charge in [-0.3, -0.25) is 4.79 Å². The first-order valence-corrected chi connectivity index (χ1v) is 3.44. The summed E-state index contributed by atoms with van der Waals surface area (Å²) in [5.74, 6) is -0.738. The molecule has 1 N–H and O–H groups in total. The monoisotopic (exact) mass is 164 g/mol. The van der Waals surface area contributed by atoms with Crippen molar-refractivity contribution < 1.29 is 18.8 Å². The standard InChI is InChI=1S/C7H15FNO2/c1-9(2,3)5-7(11)6(10)4-8/h7,11H,4-5H2,1-3H3/q+1. The molecule has 0 radical (unpaired) electrons. The van der Waals surface area contributed by atoms with E-state index in [0.29, 0.717) is 4.48 Å². The number of aliphatic hydroxyl groups is 1. The Morgan fingerprint density at radius 1 is 1.55 bits per heavy atom. The average Bonchev–Trinajstić information content (AvgIpc) is 1.82. The highest BCUT2D eigenvalue weighted by atomic mass is 19.1. The highest BCUT2D eigenvalue weighted by Crippen LogP contribution is 1.96. The number of carbonyl (C=O) groups excluding carboxylic acids is 1. The van der Waals surface area contributed by atoms with Crippen molar-refractivity contribution in [3.8, 4) is 0 Å². The maximum atomic E-state index is 11.7. The zero-order chi connectivity index (χ0) is 9.07. The van der Waals surface area contributed by atoms with Gasteiger partial charge in [-0.05, 0) is 0 Å². The van der Waals surface area contributed by atoms with Crippen molar-refractivity contribution >= 4 is 5.78 Å². The molecule has 0 saturated heterocycles. The largest absolute Gasteiger partial charge is 0.379 e. The van der Waals surface area contributed by atoms with E-state index in [-0.39, 0.29) is 6.54 Å². The van der Waals surface area contributed by atoms with Crippen LogP contribution in [0.1, 0.15) is 0 Å². The van der Waals surface area contributed by atoms with Crippen molar-refractivity contribution in [2.45, 2.75) is 6.10 Å². The zero-order valence-electron chi connectivity index (χ0n) is 7.17. The van der Waals surface area contributed by atoms with E-state index in [2.05, 4.69) is 0 Å². The predicted octanol–water partition coefficient (Wildman–Crippen LogP) is -0.408. The van der Waals surface area contributed by atoms with Gasteiger partial charge in [0.25, 0.3) is 0 Å². The van der Waals surface area contributed by atoms with Gasteiger partial charge in [0.15, 0.2) is 18.6 Å². The molecule has 0 aliphatic carbocycles. The fourth-order valence-corrected chi connectivity index (χ4v) is 0.710. The molecule has 0 heterocycles. The average molecular weight is 164 g/mol. The van der Waals surface area contributed by atoms with Crippen LogP contribution in [0.5, 0.6) is 0 Å². The van der Waals surface area contributed by atoms with E-state index in [4.69, 9.17) is 5.11 Å². The summed E-state index contributed by atoms with van der Waals surface area (Å²) in [6.45, 7) is -0.829. The Balaban J connectivity index is 3.87. The van der Waals surface area contributed by atoms with E-state index in [9.17, 15) is 9.18 Å². The van der Waals surface area contributed by atoms with Gasteiger partial charge in [-0.1, -0.05) is 0 Å². The smallest absolute Gasteiger partial charge is 0.197 e. The number of carbonyl (C=O) groups is 1. The van der Waals surface area contributed by atoms with E-state index >= 15 is 0 Å². The number of ketones is 1. The molecule has 1 atom stereocenters. The van der Waals surface area contributed by atoms with E-state index in [1.165, 1.54) is 0 Å².